The molecular weight excluding hydrogens is 196 g/mol. The maximum absolute atomic E-state index is 3.58. The summed E-state index contributed by atoms with van der Waals surface area (Å²) in [5.41, 5.74) is 0. The minimum atomic E-state index is 0.847. The molecule has 2 heteroatoms. The van der Waals surface area contributed by atoms with Crippen LogP contribution in [0.4, 0.5) is 0 Å². The molecule has 16 heavy (non-hydrogen) atoms. The fourth-order valence-corrected chi connectivity index (χ4v) is 2.55. The first kappa shape index (κ1) is 14.0. The van der Waals surface area contributed by atoms with Crippen molar-refractivity contribution in [2.24, 2.45) is 5.92 Å². The second kappa shape index (κ2) is 9.00. The summed E-state index contributed by atoms with van der Waals surface area (Å²) in [7, 11) is 0. The van der Waals surface area contributed by atoms with Gasteiger partial charge in [0.2, 0.25) is 0 Å². The van der Waals surface area contributed by atoms with Crippen molar-refractivity contribution in [1.29, 1.82) is 0 Å². The molecule has 1 rings (SSSR count). The van der Waals surface area contributed by atoms with Gasteiger partial charge in [-0.25, -0.2) is 0 Å². The van der Waals surface area contributed by atoms with E-state index in [0.717, 1.165) is 5.92 Å². The van der Waals surface area contributed by atoms with Gasteiger partial charge in [0.15, 0.2) is 0 Å². The third kappa shape index (κ3) is 6.49. The maximum atomic E-state index is 3.58. The van der Waals surface area contributed by atoms with Crippen molar-refractivity contribution in [3.8, 4) is 0 Å². The van der Waals surface area contributed by atoms with Gasteiger partial charge in [-0.05, 0) is 64.3 Å². The molecule has 2 nitrogen and oxygen atoms in total. The Morgan fingerprint density at radius 2 is 1.94 bits per heavy atom. The van der Waals surface area contributed by atoms with Gasteiger partial charge in [0.05, 0.1) is 0 Å². The third-order valence-corrected chi connectivity index (χ3v) is 3.55. The summed E-state index contributed by atoms with van der Waals surface area (Å²) in [5, 5.41) is 3.58. The van der Waals surface area contributed by atoms with Gasteiger partial charge in [-0.3, -0.25) is 0 Å². The molecule has 1 heterocycles. The van der Waals surface area contributed by atoms with Crippen LogP contribution >= 0.6 is 0 Å². The van der Waals surface area contributed by atoms with Crippen LogP contribution in [-0.2, 0) is 0 Å². The molecule has 0 radical (unpaired) electrons. The van der Waals surface area contributed by atoms with Gasteiger partial charge in [0.1, 0.15) is 0 Å². The Hall–Kier alpha value is -0.0800. The summed E-state index contributed by atoms with van der Waals surface area (Å²) in [6.07, 6.45) is 8.28. The highest BCUT2D eigenvalue weighted by atomic mass is 15.1. The molecule has 1 aliphatic rings. The van der Waals surface area contributed by atoms with Crippen LogP contribution in [0.5, 0.6) is 0 Å². The van der Waals surface area contributed by atoms with E-state index in [1.54, 1.807) is 0 Å². The van der Waals surface area contributed by atoms with Crippen LogP contribution in [-0.4, -0.2) is 37.6 Å². The monoisotopic (exact) mass is 226 g/mol. The summed E-state index contributed by atoms with van der Waals surface area (Å²) in [4.78, 5) is 2.63. The number of piperidine rings is 1. The minimum absolute atomic E-state index is 0.847. The molecule has 0 aromatic carbocycles. The quantitative estimate of drug-likeness (QED) is 0.640. The van der Waals surface area contributed by atoms with E-state index < -0.39 is 0 Å². The van der Waals surface area contributed by atoms with Crippen LogP contribution in [0, 0.1) is 5.92 Å². The summed E-state index contributed by atoms with van der Waals surface area (Å²) in [5.74, 6) is 0.847. The van der Waals surface area contributed by atoms with Gasteiger partial charge in [0, 0.05) is 0 Å². The third-order valence-electron chi connectivity index (χ3n) is 3.55. The Kier molecular flexibility index (Phi) is 7.87. The van der Waals surface area contributed by atoms with E-state index in [2.05, 4.69) is 24.1 Å². The van der Waals surface area contributed by atoms with Crippen molar-refractivity contribution in [2.75, 3.05) is 32.7 Å². The minimum Gasteiger partial charge on any atom is -0.316 e. The summed E-state index contributed by atoms with van der Waals surface area (Å²) in [6, 6.07) is 0. The molecule has 0 bridgehead atoms. The first-order chi connectivity index (χ1) is 7.83. The molecule has 0 aliphatic carbocycles. The average molecular weight is 226 g/mol. The van der Waals surface area contributed by atoms with E-state index in [0.29, 0.717) is 0 Å². The van der Waals surface area contributed by atoms with E-state index in [1.807, 2.05) is 0 Å². The molecule has 1 N–H and O–H groups in total. The van der Waals surface area contributed by atoms with E-state index in [1.165, 1.54) is 71.2 Å². The largest absolute Gasteiger partial charge is 0.316 e. The molecule has 0 aromatic heterocycles. The SMILES string of the molecule is CCCC(C)CNCCCN1CCCCC1. The highest BCUT2D eigenvalue weighted by molar-refractivity contribution is 4.65. The topological polar surface area (TPSA) is 15.3 Å². The second-order valence-corrected chi connectivity index (χ2v) is 5.35. The zero-order valence-corrected chi connectivity index (χ0v) is 11.3. The smallest absolute Gasteiger partial charge is 0.000664 e. The Bertz CT molecular complexity index is 153. The number of likely N-dealkylation sites (tertiary alicyclic amines) is 1. The van der Waals surface area contributed by atoms with E-state index in [9.17, 15) is 0 Å². The summed E-state index contributed by atoms with van der Waals surface area (Å²) >= 11 is 0. The molecule has 0 saturated carbocycles. The van der Waals surface area contributed by atoms with Crippen LogP contribution in [0.15, 0.2) is 0 Å². The molecule has 96 valence electrons. The number of hydrogen-bond donors (Lipinski definition) is 1. The van der Waals surface area contributed by atoms with Gasteiger partial charge in [0.25, 0.3) is 0 Å². The Balaban J connectivity index is 1.87. The van der Waals surface area contributed by atoms with Crippen molar-refractivity contribution in [1.82, 2.24) is 10.2 Å². The van der Waals surface area contributed by atoms with Crippen molar-refractivity contribution < 1.29 is 0 Å². The number of hydrogen-bond acceptors (Lipinski definition) is 2. The number of nitrogens with one attached hydrogen (secondary N) is 1. The fraction of sp³-hybridized carbons (Fsp3) is 1.00. The van der Waals surface area contributed by atoms with Crippen LogP contribution in [0.2, 0.25) is 0 Å². The van der Waals surface area contributed by atoms with Crippen LogP contribution in [0.1, 0.15) is 52.4 Å². The Labute approximate surface area is 102 Å². The predicted octanol–water partition coefficient (Wildman–Crippen LogP) is 2.89. The van der Waals surface area contributed by atoms with Gasteiger partial charge >= 0.3 is 0 Å². The highest BCUT2D eigenvalue weighted by Crippen LogP contribution is 2.08. The highest BCUT2D eigenvalue weighted by Gasteiger charge is 2.08. The Morgan fingerprint density at radius 1 is 1.19 bits per heavy atom. The van der Waals surface area contributed by atoms with Crippen LogP contribution in [0.3, 0.4) is 0 Å². The number of rotatable bonds is 8. The first-order valence-electron chi connectivity index (χ1n) is 7.26. The lowest BCUT2D eigenvalue weighted by molar-refractivity contribution is 0.225. The molecule has 0 spiro atoms. The molecular formula is C14H30N2. The maximum Gasteiger partial charge on any atom is -0.000664 e. The van der Waals surface area contributed by atoms with Gasteiger partial charge < -0.3 is 10.2 Å². The van der Waals surface area contributed by atoms with E-state index in [4.69, 9.17) is 0 Å². The Morgan fingerprint density at radius 3 is 2.62 bits per heavy atom. The van der Waals surface area contributed by atoms with E-state index in [-0.39, 0.29) is 0 Å². The lowest BCUT2D eigenvalue weighted by Crippen LogP contribution is -2.32. The van der Waals surface area contributed by atoms with Crippen LogP contribution in [0.25, 0.3) is 0 Å². The van der Waals surface area contributed by atoms with Gasteiger partial charge in [-0.15, -0.1) is 0 Å². The van der Waals surface area contributed by atoms with E-state index >= 15 is 0 Å². The summed E-state index contributed by atoms with van der Waals surface area (Å²) < 4.78 is 0. The molecule has 0 aromatic rings. The van der Waals surface area contributed by atoms with Gasteiger partial charge in [-0.1, -0.05) is 26.7 Å². The lowest BCUT2D eigenvalue weighted by Gasteiger charge is -2.26. The fourth-order valence-electron chi connectivity index (χ4n) is 2.55. The molecule has 0 amide bonds. The van der Waals surface area contributed by atoms with Crippen LogP contribution < -0.4 is 5.32 Å². The molecule has 1 saturated heterocycles. The predicted molar refractivity (Wildman–Crippen MR) is 71.8 cm³/mol. The average Bonchev–Trinajstić information content (AvgIpc) is 2.30. The molecule has 1 aliphatic heterocycles. The zero-order chi connectivity index (χ0) is 11.6. The van der Waals surface area contributed by atoms with Crippen molar-refractivity contribution >= 4 is 0 Å². The number of nitrogens with zero attached hydrogens (tertiary/aromatic N) is 1. The molecule has 1 atom stereocenters. The van der Waals surface area contributed by atoms with Gasteiger partial charge in [-0.2, -0.15) is 0 Å². The van der Waals surface area contributed by atoms with Crippen molar-refractivity contribution in [2.45, 2.75) is 52.4 Å². The van der Waals surface area contributed by atoms with Crippen molar-refractivity contribution in [3.63, 3.8) is 0 Å². The molecule has 1 fully saturated rings. The summed E-state index contributed by atoms with van der Waals surface area (Å²) in [6.45, 7) is 11.0. The van der Waals surface area contributed by atoms with Crippen molar-refractivity contribution in [3.05, 3.63) is 0 Å². The first-order valence-corrected chi connectivity index (χ1v) is 7.26. The normalized spacial score (nSPS) is 19.9. The zero-order valence-electron chi connectivity index (χ0n) is 11.3. The lowest BCUT2D eigenvalue weighted by atomic mass is 10.1. The molecule has 1 unspecified atom stereocenters. The standard InChI is InChI=1S/C14H30N2/c1-3-8-14(2)13-15-9-7-12-16-10-5-4-6-11-16/h14-15H,3-13H2,1-2H3. The second-order valence-electron chi connectivity index (χ2n) is 5.35.